The monoisotopic (exact) mass is 216 g/mol. The number of hydrogen-bond donors (Lipinski definition) is 0. The first-order valence-corrected chi connectivity index (χ1v) is 4.49. The molecule has 1 radical (unpaired) electrons. The average Bonchev–Trinajstić information content (AvgIpc) is 2.51. The number of nitro groups is 1. The highest BCUT2D eigenvalue weighted by Gasteiger charge is 2.38. The van der Waals surface area contributed by atoms with Crippen molar-refractivity contribution in [3.05, 3.63) is 51.1 Å². The molecule has 0 atom stereocenters. The Kier molecular flexibility index (Phi) is 2.16. The van der Waals surface area contributed by atoms with Crippen LogP contribution in [0.5, 0.6) is 0 Å². The molecule has 5 heteroatoms. The number of allylic oxidation sites excluding steroid dienone is 2. The lowest BCUT2D eigenvalue weighted by molar-refractivity contribution is -0.385. The van der Waals surface area contributed by atoms with Gasteiger partial charge in [-0.1, -0.05) is 6.07 Å². The fourth-order valence-electron chi connectivity index (χ4n) is 1.71. The molecular weight excluding hydrogens is 210 g/mol. The second-order valence-corrected chi connectivity index (χ2v) is 3.24. The fraction of sp³-hybridized carbons (Fsp3) is 0.0909. The molecule has 0 bridgehead atoms. The average molecular weight is 216 g/mol. The number of carbonyl (C=O) groups excluding carboxylic acids is 2. The van der Waals surface area contributed by atoms with E-state index in [0.717, 1.165) is 0 Å². The lowest BCUT2D eigenvalue weighted by Crippen LogP contribution is -2.01. The zero-order valence-electron chi connectivity index (χ0n) is 8.31. The molecule has 0 fully saturated rings. The van der Waals surface area contributed by atoms with Crippen molar-refractivity contribution in [2.45, 2.75) is 6.92 Å². The van der Waals surface area contributed by atoms with Crippen LogP contribution in [0.3, 0.4) is 0 Å². The zero-order chi connectivity index (χ0) is 11.9. The van der Waals surface area contributed by atoms with Crippen LogP contribution >= 0.6 is 0 Å². The maximum atomic E-state index is 11.7. The summed E-state index contributed by atoms with van der Waals surface area (Å²) >= 11 is 0. The second kappa shape index (κ2) is 3.37. The van der Waals surface area contributed by atoms with E-state index in [2.05, 4.69) is 6.08 Å². The third-order valence-electron chi connectivity index (χ3n) is 2.41. The van der Waals surface area contributed by atoms with Gasteiger partial charge in [0.2, 0.25) is 5.78 Å². The molecule has 0 saturated carbocycles. The molecule has 0 aliphatic heterocycles. The van der Waals surface area contributed by atoms with Crippen LogP contribution in [0.2, 0.25) is 0 Å². The first kappa shape index (κ1) is 10.2. The highest BCUT2D eigenvalue weighted by atomic mass is 16.6. The van der Waals surface area contributed by atoms with Gasteiger partial charge in [-0.3, -0.25) is 19.7 Å². The van der Waals surface area contributed by atoms with Gasteiger partial charge in [0, 0.05) is 11.6 Å². The van der Waals surface area contributed by atoms with Crippen molar-refractivity contribution >= 4 is 17.3 Å². The molecule has 1 aliphatic rings. The summed E-state index contributed by atoms with van der Waals surface area (Å²) in [6.07, 6.45) is 2.47. The number of carbonyl (C=O) groups is 2. The SMILES string of the molecule is C/[C]=C1/C(=O)c2cccc([N+](=O)[O-])c2C1=O. The lowest BCUT2D eigenvalue weighted by atomic mass is 10.1. The largest absolute Gasteiger partial charge is 0.288 e. The summed E-state index contributed by atoms with van der Waals surface area (Å²) in [6.45, 7) is 1.43. The second-order valence-electron chi connectivity index (χ2n) is 3.24. The number of hydrogen-bond acceptors (Lipinski definition) is 4. The molecule has 1 aromatic rings. The maximum absolute atomic E-state index is 11.7. The predicted octanol–water partition coefficient (Wildman–Crippen LogP) is 1.72. The summed E-state index contributed by atoms with van der Waals surface area (Å²) < 4.78 is 0. The summed E-state index contributed by atoms with van der Waals surface area (Å²) in [5.41, 5.74) is -0.490. The van der Waals surface area contributed by atoms with E-state index in [4.69, 9.17) is 0 Å². The molecule has 0 aromatic heterocycles. The Labute approximate surface area is 90.5 Å². The van der Waals surface area contributed by atoms with E-state index in [1.54, 1.807) is 0 Å². The van der Waals surface area contributed by atoms with Crippen LogP contribution in [0, 0.1) is 16.2 Å². The third kappa shape index (κ3) is 1.18. The van der Waals surface area contributed by atoms with Gasteiger partial charge >= 0.3 is 0 Å². The third-order valence-corrected chi connectivity index (χ3v) is 2.41. The molecule has 0 amide bonds. The highest BCUT2D eigenvalue weighted by Crippen LogP contribution is 2.32. The minimum absolute atomic E-state index is 0.0866. The first-order chi connectivity index (χ1) is 7.57. The molecule has 16 heavy (non-hydrogen) atoms. The van der Waals surface area contributed by atoms with Crippen molar-refractivity contribution < 1.29 is 14.5 Å². The Morgan fingerprint density at radius 2 is 1.94 bits per heavy atom. The van der Waals surface area contributed by atoms with Crippen molar-refractivity contribution in [1.82, 2.24) is 0 Å². The van der Waals surface area contributed by atoms with E-state index >= 15 is 0 Å². The van der Waals surface area contributed by atoms with Crippen molar-refractivity contribution in [2.75, 3.05) is 0 Å². The van der Waals surface area contributed by atoms with Crippen LogP contribution in [-0.4, -0.2) is 16.5 Å². The van der Waals surface area contributed by atoms with Crippen LogP contribution < -0.4 is 0 Å². The van der Waals surface area contributed by atoms with Crippen LogP contribution in [0.25, 0.3) is 0 Å². The van der Waals surface area contributed by atoms with Gasteiger partial charge < -0.3 is 0 Å². The van der Waals surface area contributed by atoms with Crippen LogP contribution in [0.4, 0.5) is 5.69 Å². The number of benzene rings is 1. The van der Waals surface area contributed by atoms with Crippen molar-refractivity contribution in [3.63, 3.8) is 0 Å². The number of Topliss-reactive ketones (excluding diaryl/α,β-unsaturated/α-hetero) is 2. The van der Waals surface area contributed by atoms with Crippen molar-refractivity contribution in [2.24, 2.45) is 0 Å². The van der Waals surface area contributed by atoms with Gasteiger partial charge in [-0.2, -0.15) is 0 Å². The topological polar surface area (TPSA) is 77.3 Å². The van der Waals surface area contributed by atoms with Gasteiger partial charge in [-0.05, 0) is 19.1 Å². The maximum Gasteiger partial charge on any atom is 0.281 e. The molecule has 1 aromatic carbocycles. The van der Waals surface area contributed by atoms with Gasteiger partial charge in [-0.15, -0.1) is 0 Å². The summed E-state index contributed by atoms with van der Waals surface area (Å²) in [5.74, 6) is -1.11. The molecule has 2 rings (SSSR count). The summed E-state index contributed by atoms with van der Waals surface area (Å²) in [5, 5.41) is 10.7. The molecule has 0 unspecified atom stereocenters. The van der Waals surface area contributed by atoms with Crippen LogP contribution in [0.1, 0.15) is 27.6 Å². The van der Waals surface area contributed by atoms with E-state index < -0.39 is 16.5 Å². The molecule has 0 N–H and O–H groups in total. The number of nitro benzene ring substituents is 1. The van der Waals surface area contributed by atoms with Crippen LogP contribution in [-0.2, 0) is 0 Å². The Morgan fingerprint density at radius 1 is 1.25 bits per heavy atom. The van der Waals surface area contributed by atoms with Crippen molar-refractivity contribution in [3.8, 4) is 0 Å². The zero-order valence-corrected chi connectivity index (χ0v) is 8.31. The van der Waals surface area contributed by atoms with E-state index in [1.165, 1.54) is 25.1 Å². The van der Waals surface area contributed by atoms with Crippen molar-refractivity contribution in [1.29, 1.82) is 0 Å². The molecule has 1 aliphatic carbocycles. The normalized spacial score (nSPS) is 16.7. The quantitative estimate of drug-likeness (QED) is 0.310. The van der Waals surface area contributed by atoms with Gasteiger partial charge in [0.15, 0.2) is 5.78 Å². The smallest absolute Gasteiger partial charge is 0.281 e. The number of fused-ring (bicyclic) bond motifs is 1. The highest BCUT2D eigenvalue weighted by molar-refractivity contribution is 6.40. The van der Waals surface area contributed by atoms with E-state index in [0.29, 0.717) is 0 Å². The van der Waals surface area contributed by atoms with E-state index in [1.807, 2.05) is 0 Å². The fourth-order valence-corrected chi connectivity index (χ4v) is 1.71. The molecule has 5 nitrogen and oxygen atoms in total. The predicted molar refractivity (Wildman–Crippen MR) is 54.2 cm³/mol. The van der Waals surface area contributed by atoms with Gasteiger partial charge in [0.1, 0.15) is 5.56 Å². The molecule has 79 valence electrons. The Bertz CT molecular complexity index is 557. The minimum atomic E-state index is -0.664. The van der Waals surface area contributed by atoms with E-state index in [9.17, 15) is 19.7 Å². The molecule has 0 saturated heterocycles. The number of nitrogens with zero attached hydrogens (tertiary/aromatic N) is 1. The van der Waals surface area contributed by atoms with E-state index in [-0.39, 0.29) is 22.4 Å². The van der Waals surface area contributed by atoms with Crippen LogP contribution in [0.15, 0.2) is 23.8 Å². The summed E-state index contributed by atoms with van der Waals surface area (Å²) in [4.78, 5) is 33.5. The minimum Gasteiger partial charge on any atom is -0.288 e. The Morgan fingerprint density at radius 3 is 2.50 bits per heavy atom. The Hall–Kier alpha value is -2.30. The standard InChI is InChI=1S/C11H6NO4/c1-2-6-10(13)7-4-3-5-8(12(15)16)9(7)11(6)14/h3-5H,1H3. The lowest BCUT2D eigenvalue weighted by Gasteiger charge is -1.96. The van der Waals surface area contributed by atoms with Gasteiger partial charge in [0.05, 0.1) is 10.5 Å². The summed E-state index contributed by atoms with van der Waals surface area (Å²) in [7, 11) is 0. The van der Waals surface area contributed by atoms with Gasteiger partial charge in [0.25, 0.3) is 5.69 Å². The molecule has 0 heterocycles. The summed E-state index contributed by atoms with van der Waals surface area (Å²) in [6, 6.07) is 4.01. The molecular formula is C11H6NO4. The Balaban J connectivity index is 2.78. The molecule has 0 spiro atoms. The van der Waals surface area contributed by atoms with Gasteiger partial charge in [-0.25, -0.2) is 0 Å². The number of rotatable bonds is 1. The number of ketones is 2. The first-order valence-electron chi connectivity index (χ1n) is 4.49.